The summed E-state index contributed by atoms with van der Waals surface area (Å²) in [6.07, 6.45) is 7.00. The van der Waals surface area contributed by atoms with Crippen LogP contribution in [0.4, 0.5) is 5.82 Å². The molecule has 1 saturated heterocycles. The summed E-state index contributed by atoms with van der Waals surface area (Å²) in [7, 11) is 0. The quantitative estimate of drug-likeness (QED) is 0.842. The molecule has 0 radical (unpaired) electrons. The van der Waals surface area contributed by atoms with E-state index >= 15 is 0 Å². The zero-order valence-corrected chi connectivity index (χ0v) is 13.3. The highest BCUT2D eigenvalue weighted by Crippen LogP contribution is 2.20. The predicted octanol–water partition coefficient (Wildman–Crippen LogP) is 1.14. The number of hydrogen-bond donors (Lipinski definition) is 1. The van der Waals surface area contributed by atoms with Crippen molar-refractivity contribution in [1.29, 1.82) is 0 Å². The highest BCUT2D eigenvalue weighted by atomic mass is 16.2. The summed E-state index contributed by atoms with van der Waals surface area (Å²) in [4.78, 5) is 26.5. The van der Waals surface area contributed by atoms with Crippen molar-refractivity contribution in [3.63, 3.8) is 0 Å². The Kier molecular flexibility index (Phi) is 5.05. The van der Waals surface area contributed by atoms with Crippen LogP contribution >= 0.6 is 0 Å². The molecule has 1 aliphatic heterocycles. The summed E-state index contributed by atoms with van der Waals surface area (Å²) in [5.41, 5.74) is 0.360. The molecule has 0 aromatic carbocycles. The number of carbonyl (C=O) groups is 2. The first-order chi connectivity index (χ1) is 11.3. The van der Waals surface area contributed by atoms with Crippen molar-refractivity contribution < 1.29 is 9.59 Å². The molecule has 2 heterocycles. The molecule has 124 valence electrons. The van der Waals surface area contributed by atoms with E-state index in [1.165, 1.54) is 32.1 Å². The van der Waals surface area contributed by atoms with Crippen molar-refractivity contribution in [1.82, 2.24) is 20.0 Å². The van der Waals surface area contributed by atoms with Gasteiger partial charge in [-0.3, -0.25) is 9.59 Å². The topological polar surface area (TPSA) is 78.4 Å². The van der Waals surface area contributed by atoms with E-state index in [1.807, 2.05) is 6.07 Å². The zero-order valence-electron chi connectivity index (χ0n) is 13.3. The Morgan fingerprint density at radius 2 is 1.83 bits per heavy atom. The molecule has 2 amide bonds. The van der Waals surface area contributed by atoms with E-state index in [-0.39, 0.29) is 5.91 Å². The fraction of sp³-hybridized carbons (Fsp3) is 0.625. The summed E-state index contributed by atoms with van der Waals surface area (Å²) < 4.78 is 0. The maximum atomic E-state index is 12.4. The Morgan fingerprint density at radius 1 is 1.09 bits per heavy atom. The third-order valence-electron chi connectivity index (χ3n) is 4.59. The number of aromatic nitrogens is 2. The fourth-order valence-corrected chi connectivity index (χ4v) is 3.17. The Bertz CT molecular complexity index is 534. The molecular weight excluding hydrogens is 294 g/mol. The van der Waals surface area contributed by atoms with E-state index in [1.54, 1.807) is 15.9 Å². The summed E-state index contributed by atoms with van der Waals surface area (Å²) in [6, 6.07) is 4.03. The van der Waals surface area contributed by atoms with Crippen LogP contribution in [0, 0.1) is 0 Å². The fourth-order valence-electron chi connectivity index (χ4n) is 3.17. The molecular formula is C16H23N5O2. The average Bonchev–Trinajstić information content (AvgIpc) is 2.63. The molecule has 0 bridgehead atoms. The summed E-state index contributed by atoms with van der Waals surface area (Å²) in [5.74, 6) is 0.617. The van der Waals surface area contributed by atoms with Gasteiger partial charge >= 0.3 is 0 Å². The number of rotatable bonds is 4. The van der Waals surface area contributed by atoms with Crippen molar-refractivity contribution in [2.24, 2.45) is 0 Å². The van der Waals surface area contributed by atoms with E-state index < -0.39 is 0 Å². The number of nitrogens with zero attached hydrogens (tertiary/aromatic N) is 4. The van der Waals surface area contributed by atoms with Crippen molar-refractivity contribution >= 4 is 18.1 Å². The van der Waals surface area contributed by atoms with Crippen LogP contribution in [0.15, 0.2) is 12.1 Å². The molecule has 1 N–H and O–H groups in total. The number of piperazine rings is 1. The predicted molar refractivity (Wildman–Crippen MR) is 86.1 cm³/mol. The highest BCUT2D eigenvalue weighted by Gasteiger charge is 2.22. The summed E-state index contributed by atoms with van der Waals surface area (Å²) >= 11 is 0. The lowest BCUT2D eigenvalue weighted by Crippen LogP contribution is -2.48. The second-order valence-electron chi connectivity index (χ2n) is 6.22. The van der Waals surface area contributed by atoms with Gasteiger partial charge < -0.3 is 15.1 Å². The highest BCUT2D eigenvalue weighted by molar-refractivity contribution is 5.92. The van der Waals surface area contributed by atoms with Crippen LogP contribution in [0.2, 0.25) is 0 Å². The van der Waals surface area contributed by atoms with Crippen molar-refractivity contribution in [3.05, 3.63) is 17.8 Å². The molecule has 0 atom stereocenters. The van der Waals surface area contributed by atoms with Gasteiger partial charge in [0, 0.05) is 32.2 Å². The Morgan fingerprint density at radius 3 is 2.43 bits per heavy atom. The van der Waals surface area contributed by atoms with Crippen LogP contribution < -0.4 is 5.32 Å². The largest absolute Gasteiger partial charge is 0.366 e. The van der Waals surface area contributed by atoms with Gasteiger partial charge in [0.1, 0.15) is 5.82 Å². The minimum Gasteiger partial charge on any atom is -0.366 e. The lowest BCUT2D eigenvalue weighted by molar-refractivity contribution is -0.119. The van der Waals surface area contributed by atoms with Crippen LogP contribution in [-0.4, -0.2) is 64.5 Å². The van der Waals surface area contributed by atoms with Crippen LogP contribution in [0.5, 0.6) is 0 Å². The molecule has 1 saturated carbocycles. The maximum absolute atomic E-state index is 12.4. The molecule has 3 rings (SSSR count). The van der Waals surface area contributed by atoms with E-state index in [0.29, 0.717) is 37.9 Å². The van der Waals surface area contributed by atoms with E-state index in [4.69, 9.17) is 0 Å². The molecule has 0 spiro atoms. The first kappa shape index (κ1) is 15.7. The molecule has 7 nitrogen and oxygen atoms in total. The molecule has 2 aliphatic rings. The molecule has 2 fully saturated rings. The van der Waals surface area contributed by atoms with Crippen LogP contribution in [-0.2, 0) is 4.79 Å². The van der Waals surface area contributed by atoms with Gasteiger partial charge in [-0.1, -0.05) is 19.3 Å². The van der Waals surface area contributed by atoms with Gasteiger partial charge in [0.05, 0.1) is 0 Å². The van der Waals surface area contributed by atoms with Crippen LogP contribution in [0.1, 0.15) is 42.6 Å². The van der Waals surface area contributed by atoms with Gasteiger partial charge in [-0.2, -0.15) is 0 Å². The number of amides is 2. The molecule has 23 heavy (non-hydrogen) atoms. The smallest absolute Gasteiger partial charge is 0.274 e. The Labute approximate surface area is 136 Å². The van der Waals surface area contributed by atoms with E-state index in [2.05, 4.69) is 15.5 Å². The third-order valence-corrected chi connectivity index (χ3v) is 4.59. The van der Waals surface area contributed by atoms with Gasteiger partial charge in [-0.25, -0.2) is 0 Å². The average molecular weight is 317 g/mol. The van der Waals surface area contributed by atoms with Crippen LogP contribution in [0.25, 0.3) is 0 Å². The minimum absolute atomic E-state index is 0.118. The lowest BCUT2D eigenvalue weighted by Gasteiger charge is -2.32. The molecule has 1 aromatic heterocycles. The minimum atomic E-state index is -0.118. The van der Waals surface area contributed by atoms with Gasteiger partial charge in [0.2, 0.25) is 6.41 Å². The first-order valence-corrected chi connectivity index (χ1v) is 8.35. The van der Waals surface area contributed by atoms with Gasteiger partial charge in [-0.15, -0.1) is 10.2 Å². The first-order valence-electron chi connectivity index (χ1n) is 8.35. The van der Waals surface area contributed by atoms with Crippen LogP contribution in [0.3, 0.4) is 0 Å². The Balaban J connectivity index is 1.56. The number of anilines is 1. The molecule has 7 heteroatoms. The van der Waals surface area contributed by atoms with Crippen molar-refractivity contribution in [2.45, 2.75) is 38.1 Å². The molecule has 1 aromatic rings. The number of hydrogen-bond acceptors (Lipinski definition) is 5. The van der Waals surface area contributed by atoms with Crippen molar-refractivity contribution in [2.75, 3.05) is 31.5 Å². The van der Waals surface area contributed by atoms with Crippen molar-refractivity contribution in [3.8, 4) is 0 Å². The Hall–Kier alpha value is -2.18. The van der Waals surface area contributed by atoms with Gasteiger partial charge in [-0.05, 0) is 25.0 Å². The number of carbonyl (C=O) groups excluding carboxylic acids is 2. The monoisotopic (exact) mass is 317 g/mol. The zero-order chi connectivity index (χ0) is 16.1. The van der Waals surface area contributed by atoms with E-state index in [9.17, 15) is 9.59 Å². The second kappa shape index (κ2) is 7.39. The van der Waals surface area contributed by atoms with E-state index in [0.717, 1.165) is 12.2 Å². The lowest BCUT2D eigenvalue weighted by atomic mass is 9.95. The third kappa shape index (κ3) is 3.97. The molecule has 0 unspecified atom stereocenters. The summed E-state index contributed by atoms with van der Waals surface area (Å²) in [5, 5.41) is 11.6. The van der Waals surface area contributed by atoms with Gasteiger partial charge in [0.25, 0.3) is 5.91 Å². The SMILES string of the molecule is O=CN1CCN(C(=O)c2ccc(NC3CCCCC3)nn2)CC1. The summed E-state index contributed by atoms with van der Waals surface area (Å²) in [6.45, 7) is 2.23. The van der Waals surface area contributed by atoms with Gasteiger partial charge in [0.15, 0.2) is 5.69 Å². The number of nitrogens with one attached hydrogen (secondary N) is 1. The maximum Gasteiger partial charge on any atom is 0.274 e. The molecule has 1 aliphatic carbocycles. The second-order valence-corrected chi connectivity index (χ2v) is 6.22. The standard InChI is InChI=1S/C16H23N5O2/c22-12-20-8-10-21(11-9-20)16(23)14-6-7-15(19-18-14)17-13-4-2-1-3-5-13/h6-7,12-13H,1-5,8-11H2,(H,17,19). The normalized spacial score (nSPS) is 19.5.